The van der Waals surface area contributed by atoms with Gasteiger partial charge in [-0.25, -0.2) is 0 Å². The maximum absolute atomic E-state index is 12.6. The molecule has 1 aromatic rings. The first-order valence-electron chi connectivity index (χ1n) is 7.37. The zero-order chi connectivity index (χ0) is 13.2. The fourth-order valence-electron chi connectivity index (χ4n) is 3.41. The maximum atomic E-state index is 12.6. The molecule has 0 radical (unpaired) electrons. The number of benzene rings is 1. The predicted octanol–water partition coefficient (Wildman–Crippen LogP) is 2.41. The lowest BCUT2D eigenvalue weighted by molar-refractivity contribution is -0.134. The van der Waals surface area contributed by atoms with Gasteiger partial charge in [-0.3, -0.25) is 4.79 Å². The number of nitrogens with zero attached hydrogens (tertiary/aromatic N) is 1. The van der Waals surface area contributed by atoms with E-state index in [4.69, 9.17) is 0 Å². The molecule has 2 fully saturated rings. The Hall–Kier alpha value is -1.35. The summed E-state index contributed by atoms with van der Waals surface area (Å²) in [5.74, 6) is 0.309. The third-order valence-electron chi connectivity index (χ3n) is 4.44. The molecule has 3 nitrogen and oxygen atoms in total. The topological polar surface area (TPSA) is 32.3 Å². The minimum Gasteiger partial charge on any atom is -0.334 e. The molecular formula is C16H22N2O. The molecule has 2 aliphatic heterocycles. The highest BCUT2D eigenvalue weighted by Crippen LogP contribution is 2.34. The second-order valence-corrected chi connectivity index (χ2v) is 5.70. The van der Waals surface area contributed by atoms with Crippen molar-refractivity contribution >= 4 is 5.91 Å². The standard InChI is InChI=1S/C16H22N2O/c1-12-6-2-3-7-13(12)15-9-5-11-18(15)16(19)14-8-4-10-17-14/h2-3,6-7,14-15,17H,4-5,8-11H2,1H3/t14-,15?/m0/s1. The summed E-state index contributed by atoms with van der Waals surface area (Å²) in [4.78, 5) is 14.7. The van der Waals surface area contributed by atoms with Crippen molar-refractivity contribution in [3.63, 3.8) is 0 Å². The third-order valence-corrected chi connectivity index (χ3v) is 4.44. The number of nitrogens with one attached hydrogen (secondary N) is 1. The van der Waals surface area contributed by atoms with Crippen LogP contribution in [0.3, 0.4) is 0 Å². The van der Waals surface area contributed by atoms with Crippen molar-refractivity contribution in [2.24, 2.45) is 0 Å². The zero-order valence-electron chi connectivity index (χ0n) is 11.6. The number of hydrogen-bond acceptors (Lipinski definition) is 2. The molecule has 0 saturated carbocycles. The van der Waals surface area contributed by atoms with Gasteiger partial charge in [-0.2, -0.15) is 0 Å². The van der Waals surface area contributed by atoms with Gasteiger partial charge < -0.3 is 10.2 Å². The molecule has 1 unspecified atom stereocenters. The van der Waals surface area contributed by atoms with Crippen molar-refractivity contribution in [1.82, 2.24) is 10.2 Å². The van der Waals surface area contributed by atoms with E-state index in [2.05, 4.69) is 41.4 Å². The Balaban J connectivity index is 1.81. The fourth-order valence-corrected chi connectivity index (χ4v) is 3.41. The Labute approximate surface area is 115 Å². The van der Waals surface area contributed by atoms with E-state index in [1.165, 1.54) is 11.1 Å². The lowest BCUT2D eigenvalue weighted by Crippen LogP contribution is -2.43. The van der Waals surface area contributed by atoms with Crippen LogP contribution < -0.4 is 5.32 Å². The van der Waals surface area contributed by atoms with Crippen molar-refractivity contribution in [2.45, 2.75) is 44.7 Å². The van der Waals surface area contributed by atoms with Crippen LogP contribution in [-0.2, 0) is 4.79 Å². The van der Waals surface area contributed by atoms with Crippen LogP contribution in [0.2, 0.25) is 0 Å². The van der Waals surface area contributed by atoms with E-state index in [0.29, 0.717) is 5.91 Å². The zero-order valence-corrected chi connectivity index (χ0v) is 11.6. The molecule has 0 aliphatic carbocycles. The minimum atomic E-state index is 0.0598. The quantitative estimate of drug-likeness (QED) is 0.883. The Morgan fingerprint density at radius 3 is 2.84 bits per heavy atom. The van der Waals surface area contributed by atoms with Crippen LogP contribution in [0.25, 0.3) is 0 Å². The van der Waals surface area contributed by atoms with E-state index in [-0.39, 0.29) is 12.1 Å². The SMILES string of the molecule is Cc1ccccc1C1CCCN1C(=O)[C@@H]1CCCN1. The largest absolute Gasteiger partial charge is 0.334 e. The number of carbonyl (C=O) groups is 1. The predicted molar refractivity (Wildman–Crippen MR) is 75.9 cm³/mol. The second kappa shape index (κ2) is 5.33. The van der Waals surface area contributed by atoms with Crippen molar-refractivity contribution in [3.05, 3.63) is 35.4 Å². The van der Waals surface area contributed by atoms with Crippen LogP contribution in [0.1, 0.15) is 42.9 Å². The molecule has 2 aliphatic rings. The van der Waals surface area contributed by atoms with Gasteiger partial charge in [0.15, 0.2) is 0 Å². The molecule has 0 aromatic heterocycles. The first kappa shape index (κ1) is 12.7. The Bertz CT molecular complexity index is 466. The van der Waals surface area contributed by atoms with Gasteiger partial charge in [0.05, 0.1) is 12.1 Å². The minimum absolute atomic E-state index is 0.0598. The third kappa shape index (κ3) is 2.39. The summed E-state index contributed by atoms with van der Waals surface area (Å²) in [5, 5.41) is 3.33. The van der Waals surface area contributed by atoms with Crippen LogP contribution in [0.5, 0.6) is 0 Å². The van der Waals surface area contributed by atoms with Gasteiger partial charge in [0.1, 0.15) is 0 Å². The average molecular weight is 258 g/mol. The lowest BCUT2D eigenvalue weighted by Gasteiger charge is -2.28. The van der Waals surface area contributed by atoms with Gasteiger partial charge >= 0.3 is 0 Å². The summed E-state index contributed by atoms with van der Waals surface area (Å²) in [6, 6.07) is 8.81. The maximum Gasteiger partial charge on any atom is 0.240 e. The first-order chi connectivity index (χ1) is 9.27. The first-order valence-corrected chi connectivity index (χ1v) is 7.37. The molecule has 1 amide bonds. The summed E-state index contributed by atoms with van der Waals surface area (Å²) >= 11 is 0. The van der Waals surface area contributed by atoms with Gasteiger partial charge in [-0.05, 0) is 50.3 Å². The van der Waals surface area contributed by atoms with Crippen LogP contribution in [0.4, 0.5) is 0 Å². The van der Waals surface area contributed by atoms with E-state index >= 15 is 0 Å². The van der Waals surface area contributed by atoms with Gasteiger partial charge in [0.25, 0.3) is 0 Å². The van der Waals surface area contributed by atoms with E-state index in [1.54, 1.807) is 0 Å². The monoisotopic (exact) mass is 258 g/mol. The molecule has 3 rings (SSSR count). The molecule has 102 valence electrons. The van der Waals surface area contributed by atoms with Gasteiger partial charge in [0.2, 0.25) is 5.91 Å². The van der Waals surface area contributed by atoms with Gasteiger partial charge in [-0.15, -0.1) is 0 Å². The normalized spacial score (nSPS) is 26.9. The number of carbonyl (C=O) groups excluding carboxylic acids is 1. The van der Waals surface area contributed by atoms with Crippen molar-refractivity contribution in [1.29, 1.82) is 0 Å². The van der Waals surface area contributed by atoms with E-state index in [1.807, 2.05) is 0 Å². The van der Waals surface area contributed by atoms with Gasteiger partial charge in [0, 0.05) is 6.54 Å². The number of rotatable bonds is 2. The highest BCUT2D eigenvalue weighted by atomic mass is 16.2. The van der Waals surface area contributed by atoms with Crippen molar-refractivity contribution in [3.8, 4) is 0 Å². The molecule has 1 N–H and O–H groups in total. The number of hydrogen-bond donors (Lipinski definition) is 1. The molecule has 0 bridgehead atoms. The summed E-state index contributed by atoms with van der Waals surface area (Å²) < 4.78 is 0. The van der Waals surface area contributed by atoms with Crippen LogP contribution in [0.15, 0.2) is 24.3 Å². The molecule has 2 atom stereocenters. The average Bonchev–Trinajstić information content (AvgIpc) is 3.10. The van der Waals surface area contributed by atoms with Gasteiger partial charge in [-0.1, -0.05) is 24.3 Å². The number of likely N-dealkylation sites (tertiary alicyclic amines) is 1. The summed E-state index contributed by atoms with van der Waals surface area (Å²) in [5.41, 5.74) is 2.62. The van der Waals surface area contributed by atoms with Crippen molar-refractivity contribution < 1.29 is 4.79 Å². The molecular weight excluding hydrogens is 236 g/mol. The number of aryl methyl sites for hydroxylation is 1. The summed E-state index contributed by atoms with van der Waals surface area (Å²) in [6.07, 6.45) is 4.34. The Morgan fingerprint density at radius 1 is 1.26 bits per heavy atom. The van der Waals surface area contributed by atoms with Crippen LogP contribution in [-0.4, -0.2) is 29.9 Å². The fraction of sp³-hybridized carbons (Fsp3) is 0.562. The van der Waals surface area contributed by atoms with E-state index in [0.717, 1.165) is 38.8 Å². The highest BCUT2D eigenvalue weighted by Gasteiger charge is 2.35. The highest BCUT2D eigenvalue weighted by molar-refractivity contribution is 5.83. The molecule has 2 saturated heterocycles. The molecule has 1 aromatic carbocycles. The molecule has 2 heterocycles. The van der Waals surface area contributed by atoms with E-state index < -0.39 is 0 Å². The van der Waals surface area contributed by atoms with Crippen LogP contribution in [0, 0.1) is 6.92 Å². The molecule has 19 heavy (non-hydrogen) atoms. The van der Waals surface area contributed by atoms with Crippen LogP contribution >= 0.6 is 0 Å². The lowest BCUT2D eigenvalue weighted by atomic mass is 9.99. The smallest absolute Gasteiger partial charge is 0.240 e. The molecule has 3 heteroatoms. The molecule has 0 spiro atoms. The second-order valence-electron chi connectivity index (χ2n) is 5.70. The summed E-state index contributed by atoms with van der Waals surface area (Å²) in [6.45, 7) is 4.04. The Morgan fingerprint density at radius 2 is 2.11 bits per heavy atom. The number of amides is 1. The Kier molecular flexibility index (Phi) is 3.56. The van der Waals surface area contributed by atoms with Crippen molar-refractivity contribution in [2.75, 3.05) is 13.1 Å². The van der Waals surface area contributed by atoms with E-state index in [9.17, 15) is 4.79 Å². The summed E-state index contributed by atoms with van der Waals surface area (Å²) in [7, 11) is 0.